The quantitative estimate of drug-likeness (QED) is 0.430. The number of aromatic hydroxyl groups is 1. The molecule has 12 saturated carbocycles. The summed E-state index contributed by atoms with van der Waals surface area (Å²) in [5, 5.41) is 11.9. The van der Waals surface area contributed by atoms with Crippen LogP contribution in [0, 0.1) is 60.2 Å². The Balaban J connectivity index is 1.24. The molecule has 0 saturated heterocycles. The average molecular weight is 511 g/mol. The Hall–Kier alpha value is -0.980. The van der Waals surface area contributed by atoms with Gasteiger partial charge in [0, 0.05) is 0 Å². The second kappa shape index (κ2) is 7.26. The summed E-state index contributed by atoms with van der Waals surface area (Å²) in [6.07, 6.45) is 26.9. The van der Waals surface area contributed by atoms with Crippen LogP contribution in [0.1, 0.15) is 138 Å². The third-order valence-corrected chi connectivity index (χ3v) is 15.3. The van der Waals surface area contributed by atoms with Gasteiger partial charge in [0.1, 0.15) is 5.75 Å². The van der Waals surface area contributed by atoms with Crippen molar-refractivity contribution in [3.63, 3.8) is 0 Å². The van der Waals surface area contributed by atoms with Crippen LogP contribution < -0.4 is 0 Å². The molecule has 1 aromatic carbocycles. The first-order chi connectivity index (χ1) is 18.4. The minimum absolute atomic E-state index is 0.382. The summed E-state index contributed by atoms with van der Waals surface area (Å²) in [6.45, 7) is 2.37. The highest BCUT2D eigenvalue weighted by molar-refractivity contribution is 5.59. The van der Waals surface area contributed by atoms with E-state index in [-0.39, 0.29) is 0 Å². The van der Waals surface area contributed by atoms with Crippen molar-refractivity contribution in [3.05, 3.63) is 28.3 Å². The van der Waals surface area contributed by atoms with Crippen LogP contribution in [0.5, 0.6) is 5.75 Å². The van der Waals surface area contributed by atoms with Gasteiger partial charge >= 0.3 is 0 Å². The Morgan fingerprint density at radius 3 is 1.11 bits per heavy atom. The van der Waals surface area contributed by atoms with Crippen LogP contribution in [0.2, 0.25) is 0 Å². The summed E-state index contributed by atoms with van der Waals surface area (Å²) in [6, 6.07) is 2.44. The molecule has 0 amide bonds. The minimum Gasteiger partial charge on any atom is -0.508 e. The topological polar surface area (TPSA) is 20.2 Å². The first kappa shape index (κ1) is 22.7. The molecule has 1 aromatic rings. The molecule has 0 spiro atoms. The van der Waals surface area contributed by atoms with Crippen LogP contribution in [-0.2, 0) is 16.2 Å². The van der Waals surface area contributed by atoms with Gasteiger partial charge in [0.05, 0.1) is 0 Å². The summed E-state index contributed by atoms with van der Waals surface area (Å²) in [4.78, 5) is 0. The molecule has 12 aliphatic rings. The Morgan fingerprint density at radius 1 is 0.474 bits per heavy atom. The maximum absolute atomic E-state index is 11.9. The Bertz CT molecular complexity index is 1100. The van der Waals surface area contributed by atoms with Crippen molar-refractivity contribution < 1.29 is 5.11 Å². The fraction of sp³-hybridized carbons (Fsp3) is 0.838. The summed E-state index contributed by atoms with van der Waals surface area (Å²) in [5.74, 6) is 9.47. The van der Waals surface area contributed by atoms with Gasteiger partial charge in [-0.25, -0.2) is 0 Å². The molecule has 1 nitrogen and oxygen atoms in total. The van der Waals surface area contributed by atoms with Crippen LogP contribution in [0.3, 0.4) is 0 Å². The number of phenols is 1. The second-order valence-electron chi connectivity index (χ2n) is 17.9. The van der Waals surface area contributed by atoms with Crippen molar-refractivity contribution in [2.45, 2.75) is 139 Å². The number of hydrogen-bond acceptors (Lipinski definition) is 1. The van der Waals surface area contributed by atoms with Gasteiger partial charge in [-0.1, -0.05) is 0 Å². The number of hydrogen-bond donors (Lipinski definition) is 1. The van der Waals surface area contributed by atoms with E-state index < -0.39 is 0 Å². The molecule has 0 unspecified atom stereocenters. The Kier molecular flexibility index (Phi) is 4.33. The Morgan fingerprint density at radius 2 is 0.763 bits per heavy atom. The van der Waals surface area contributed by atoms with Crippen LogP contribution in [0.25, 0.3) is 0 Å². The third-order valence-electron chi connectivity index (χ3n) is 15.3. The van der Waals surface area contributed by atoms with Crippen LogP contribution in [0.4, 0.5) is 0 Å². The number of benzene rings is 1. The van der Waals surface area contributed by atoms with Gasteiger partial charge in [-0.2, -0.15) is 0 Å². The van der Waals surface area contributed by atoms with Gasteiger partial charge in [0.2, 0.25) is 0 Å². The fourth-order valence-electron chi connectivity index (χ4n) is 15.7. The first-order valence-corrected chi connectivity index (χ1v) is 17.3. The van der Waals surface area contributed by atoms with Crippen molar-refractivity contribution in [1.29, 1.82) is 0 Å². The predicted octanol–water partition coefficient (Wildman–Crippen LogP) is 9.10. The lowest BCUT2D eigenvalue weighted by Crippen LogP contribution is -2.55. The molecule has 1 heteroatoms. The van der Waals surface area contributed by atoms with Gasteiger partial charge in [-0.3, -0.25) is 0 Å². The van der Waals surface area contributed by atoms with Crippen LogP contribution in [0.15, 0.2) is 6.07 Å². The molecule has 13 rings (SSSR count). The fourth-order valence-corrected chi connectivity index (χ4v) is 15.7. The molecular formula is C37H50O. The average Bonchev–Trinajstić information content (AvgIpc) is 2.82. The lowest BCUT2D eigenvalue weighted by Gasteiger charge is -2.63. The van der Waals surface area contributed by atoms with Crippen molar-refractivity contribution in [2.24, 2.45) is 53.3 Å². The SMILES string of the molecule is Cc1c(O)cc(C23CC4CC(CC(C4)C2)C3)c(C23CC4CC(CC(C4)C2)C3)c1C12CC3CC(CC(C3)C1)C2. The largest absolute Gasteiger partial charge is 0.508 e. The molecule has 12 fully saturated rings. The molecule has 0 atom stereocenters. The van der Waals surface area contributed by atoms with Crippen molar-refractivity contribution >= 4 is 0 Å². The van der Waals surface area contributed by atoms with Crippen LogP contribution in [-0.4, -0.2) is 5.11 Å². The van der Waals surface area contributed by atoms with E-state index in [0.717, 1.165) is 53.3 Å². The van der Waals surface area contributed by atoms with Gasteiger partial charge in [0.15, 0.2) is 0 Å². The summed E-state index contributed by atoms with van der Waals surface area (Å²) >= 11 is 0. The van der Waals surface area contributed by atoms with Crippen LogP contribution >= 0.6 is 0 Å². The zero-order valence-electron chi connectivity index (χ0n) is 23.9. The minimum atomic E-state index is 0.382. The van der Waals surface area contributed by atoms with Crippen molar-refractivity contribution in [2.75, 3.05) is 0 Å². The zero-order valence-corrected chi connectivity index (χ0v) is 23.9. The highest BCUT2D eigenvalue weighted by Crippen LogP contribution is 2.70. The standard InChI is InChI=1S/C37H50O/c1-21-32(38)11-31(35-12-22-2-23(13-35)4-24(3-22)14-35)34(37-18-28-8-29(19-37)10-30(9-28)20-37)33(21)36-15-25-5-26(16-36)7-27(6-25)17-36/h11,22-30,38H,2-10,12-20H2,1H3. The number of phenolic OH excluding ortho intramolecular Hbond substituents is 1. The maximum atomic E-state index is 11.9. The van der Waals surface area contributed by atoms with Crippen molar-refractivity contribution in [3.8, 4) is 5.75 Å². The summed E-state index contributed by atoms with van der Waals surface area (Å²) in [5.41, 5.74) is 8.03. The highest BCUT2D eigenvalue weighted by Gasteiger charge is 2.60. The molecule has 204 valence electrons. The third kappa shape index (κ3) is 2.91. The molecule has 0 radical (unpaired) electrons. The predicted molar refractivity (Wildman–Crippen MR) is 152 cm³/mol. The molecule has 1 N–H and O–H groups in total. The molecular weight excluding hydrogens is 460 g/mol. The lowest BCUT2D eigenvalue weighted by molar-refractivity contribution is -0.0246. The second-order valence-corrected chi connectivity index (χ2v) is 17.9. The molecule has 0 aromatic heterocycles. The van der Waals surface area contributed by atoms with Gasteiger partial charge in [0.25, 0.3) is 0 Å². The lowest BCUT2D eigenvalue weighted by atomic mass is 9.41. The monoisotopic (exact) mass is 510 g/mol. The van der Waals surface area contributed by atoms with Gasteiger partial charge in [-0.15, -0.1) is 0 Å². The van der Waals surface area contributed by atoms with E-state index in [4.69, 9.17) is 0 Å². The van der Waals surface area contributed by atoms with E-state index >= 15 is 0 Å². The van der Waals surface area contributed by atoms with E-state index in [9.17, 15) is 5.11 Å². The Labute approximate surface area is 230 Å². The molecule has 0 aliphatic heterocycles. The van der Waals surface area contributed by atoms with E-state index in [2.05, 4.69) is 13.0 Å². The summed E-state index contributed by atoms with van der Waals surface area (Å²) in [7, 11) is 0. The number of rotatable bonds is 3. The van der Waals surface area contributed by atoms with Gasteiger partial charge < -0.3 is 5.11 Å². The normalized spacial score (nSPS) is 54.8. The summed E-state index contributed by atoms with van der Waals surface area (Å²) < 4.78 is 0. The van der Waals surface area contributed by atoms with E-state index in [1.165, 1.54) is 121 Å². The highest BCUT2D eigenvalue weighted by atomic mass is 16.3. The van der Waals surface area contributed by atoms with E-state index in [1.54, 1.807) is 11.1 Å². The molecule has 12 aliphatic carbocycles. The smallest absolute Gasteiger partial charge is 0.119 e. The van der Waals surface area contributed by atoms with Gasteiger partial charge in [-0.05, 0) is 220 Å². The molecule has 12 bridgehead atoms. The maximum Gasteiger partial charge on any atom is 0.119 e. The van der Waals surface area contributed by atoms with E-state index in [1.807, 2.05) is 5.56 Å². The molecule has 0 heterocycles. The van der Waals surface area contributed by atoms with Crippen molar-refractivity contribution in [1.82, 2.24) is 0 Å². The zero-order chi connectivity index (χ0) is 25.0. The van der Waals surface area contributed by atoms with E-state index in [0.29, 0.717) is 22.0 Å². The molecule has 38 heavy (non-hydrogen) atoms. The first-order valence-electron chi connectivity index (χ1n) is 17.3.